The molecule has 0 bridgehead atoms. The van der Waals surface area contributed by atoms with Gasteiger partial charge in [-0.05, 0) is 48.4 Å². The Kier molecular flexibility index (Phi) is 7.28. The van der Waals surface area contributed by atoms with Crippen molar-refractivity contribution in [1.82, 2.24) is 5.32 Å². The summed E-state index contributed by atoms with van der Waals surface area (Å²) in [6, 6.07) is 14.0. The number of nitrogens with zero attached hydrogens (tertiary/aromatic N) is 1. The molecule has 0 heterocycles. The van der Waals surface area contributed by atoms with Gasteiger partial charge in [0.05, 0.1) is 25.1 Å². The second-order valence-corrected chi connectivity index (χ2v) is 8.33. The summed E-state index contributed by atoms with van der Waals surface area (Å²) in [6.07, 6.45) is 1.87. The van der Waals surface area contributed by atoms with E-state index in [1.165, 1.54) is 11.4 Å². The van der Waals surface area contributed by atoms with Gasteiger partial charge in [0.25, 0.3) is 5.91 Å². The molecule has 1 unspecified atom stereocenters. The van der Waals surface area contributed by atoms with E-state index in [-0.39, 0.29) is 18.6 Å². The topological polar surface area (TPSA) is 84.9 Å². The number of carbonyl (C=O) groups is 1. The summed E-state index contributed by atoms with van der Waals surface area (Å²) in [5.74, 6) is 1.01. The minimum Gasteiger partial charge on any atom is -0.497 e. The first kappa shape index (κ1) is 21.6. The molecule has 1 N–H and O–H groups in total. The Morgan fingerprint density at radius 2 is 1.64 bits per heavy atom. The summed E-state index contributed by atoms with van der Waals surface area (Å²) < 4.78 is 34.9. The number of benzene rings is 2. The molecule has 0 spiro atoms. The number of anilines is 1. The highest BCUT2D eigenvalue weighted by atomic mass is 32.2. The van der Waals surface area contributed by atoms with Crippen LogP contribution in [0.1, 0.15) is 24.9 Å². The lowest BCUT2D eigenvalue weighted by Gasteiger charge is -2.18. The third kappa shape index (κ3) is 5.88. The molecule has 0 radical (unpaired) electrons. The van der Waals surface area contributed by atoms with E-state index < -0.39 is 10.0 Å². The Morgan fingerprint density at radius 3 is 2.14 bits per heavy atom. The molecule has 152 valence electrons. The van der Waals surface area contributed by atoms with Gasteiger partial charge in [-0.3, -0.25) is 9.10 Å². The summed E-state index contributed by atoms with van der Waals surface area (Å²) in [5.41, 5.74) is 1.51. The van der Waals surface area contributed by atoms with Crippen molar-refractivity contribution < 1.29 is 22.7 Å². The van der Waals surface area contributed by atoms with E-state index in [1.54, 1.807) is 31.4 Å². The molecule has 0 aliphatic heterocycles. The van der Waals surface area contributed by atoms with Crippen LogP contribution in [0.4, 0.5) is 5.69 Å². The fraction of sp³-hybridized carbons (Fsp3) is 0.350. The standard InChI is InChI=1S/C20H26N2O5S/c1-5-19(15-6-10-17(26-3)11-7-15)21-20(23)14-27-18-12-8-16(9-13-18)22(2)28(4,24)25/h6-13,19H,5,14H2,1-4H3,(H,21,23). The molecule has 1 atom stereocenters. The molecular formula is C20H26N2O5S. The monoisotopic (exact) mass is 406 g/mol. The molecule has 7 nitrogen and oxygen atoms in total. The lowest BCUT2D eigenvalue weighted by molar-refractivity contribution is -0.123. The van der Waals surface area contributed by atoms with Crippen LogP contribution in [0, 0.1) is 0 Å². The average molecular weight is 407 g/mol. The van der Waals surface area contributed by atoms with Gasteiger partial charge in [-0.2, -0.15) is 0 Å². The number of methoxy groups -OCH3 is 1. The average Bonchev–Trinajstić information content (AvgIpc) is 2.69. The van der Waals surface area contributed by atoms with Gasteiger partial charge < -0.3 is 14.8 Å². The molecule has 0 saturated carbocycles. The van der Waals surface area contributed by atoms with Crippen molar-refractivity contribution in [1.29, 1.82) is 0 Å². The van der Waals surface area contributed by atoms with Crippen molar-refractivity contribution in [2.75, 3.05) is 31.3 Å². The molecule has 0 aliphatic carbocycles. The quantitative estimate of drug-likeness (QED) is 0.692. The fourth-order valence-corrected chi connectivity index (χ4v) is 3.09. The number of amides is 1. The molecule has 0 aromatic heterocycles. The lowest BCUT2D eigenvalue weighted by atomic mass is 10.0. The number of sulfonamides is 1. The van der Waals surface area contributed by atoms with E-state index in [0.29, 0.717) is 11.4 Å². The van der Waals surface area contributed by atoms with Gasteiger partial charge in [-0.1, -0.05) is 19.1 Å². The summed E-state index contributed by atoms with van der Waals surface area (Å²) in [7, 11) is -0.238. The largest absolute Gasteiger partial charge is 0.497 e. The first-order chi connectivity index (χ1) is 13.2. The zero-order valence-electron chi connectivity index (χ0n) is 16.5. The Hall–Kier alpha value is -2.74. The van der Waals surface area contributed by atoms with E-state index in [1.807, 2.05) is 31.2 Å². The van der Waals surface area contributed by atoms with Crippen molar-refractivity contribution in [3.8, 4) is 11.5 Å². The summed E-state index contributed by atoms with van der Waals surface area (Å²) in [5, 5.41) is 2.95. The highest BCUT2D eigenvalue weighted by Crippen LogP contribution is 2.21. The number of hydrogen-bond donors (Lipinski definition) is 1. The second kappa shape index (κ2) is 9.45. The van der Waals surface area contributed by atoms with Gasteiger partial charge >= 0.3 is 0 Å². The third-order valence-electron chi connectivity index (χ3n) is 4.33. The van der Waals surface area contributed by atoms with Crippen LogP contribution >= 0.6 is 0 Å². The molecule has 0 fully saturated rings. The van der Waals surface area contributed by atoms with Crippen molar-refractivity contribution in [2.45, 2.75) is 19.4 Å². The van der Waals surface area contributed by atoms with Crippen molar-refractivity contribution in [3.63, 3.8) is 0 Å². The van der Waals surface area contributed by atoms with E-state index in [0.717, 1.165) is 24.0 Å². The molecule has 2 aromatic rings. The maximum absolute atomic E-state index is 12.2. The van der Waals surface area contributed by atoms with Crippen LogP contribution in [0.3, 0.4) is 0 Å². The van der Waals surface area contributed by atoms with E-state index >= 15 is 0 Å². The van der Waals surface area contributed by atoms with Crippen LogP contribution in [0.5, 0.6) is 11.5 Å². The van der Waals surface area contributed by atoms with Crippen LogP contribution in [-0.2, 0) is 14.8 Å². The summed E-state index contributed by atoms with van der Waals surface area (Å²) >= 11 is 0. The first-order valence-corrected chi connectivity index (χ1v) is 10.7. The minimum absolute atomic E-state index is 0.118. The molecule has 2 aromatic carbocycles. The number of carbonyl (C=O) groups excluding carboxylic acids is 1. The van der Waals surface area contributed by atoms with Crippen LogP contribution in [-0.4, -0.2) is 41.3 Å². The Balaban J connectivity index is 1.92. The Bertz CT molecular complexity index is 880. The fourth-order valence-electron chi connectivity index (χ4n) is 2.59. The van der Waals surface area contributed by atoms with E-state index in [9.17, 15) is 13.2 Å². The second-order valence-electron chi connectivity index (χ2n) is 6.31. The maximum Gasteiger partial charge on any atom is 0.258 e. The highest BCUT2D eigenvalue weighted by Gasteiger charge is 2.14. The highest BCUT2D eigenvalue weighted by molar-refractivity contribution is 7.92. The number of rotatable bonds is 9. The van der Waals surface area contributed by atoms with Crippen molar-refractivity contribution in [3.05, 3.63) is 54.1 Å². The van der Waals surface area contributed by atoms with Gasteiger partial charge in [-0.25, -0.2) is 8.42 Å². The van der Waals surface area contributed by atoms with E-state index in [2.05, 4.69) is 5.32 Å². The molecule has 1 amide bonds. The van der Waals surface area contributed by atoms with Crippen LogP contribution < -0.4 is 19.1 Å². The molecule has 28 heavy (non-hydrogen) atoms. The Morgan fingerprint density at radius 1 is 1.07 bits per heavy atom. The molecule has 2 rings (SSSR count). The maximum atomic E-state index is 12.2. The zero-order chi connectivity index (χ0) is 20.7. The zero-order valence-corrected chi connectivity index (χ0v) is 17.3. The van der Waals surface area contributed by atoms with Crippen LogP contribution in [0.15, 0.2) is 48.5 Å². The molecule has 0 saturated heterocycles. The van der Waals surface area contributed by atoms with Crippen LogP contribution in [0.25, 0.3) is 0 Å². The number of ether oxygens (including phenoxy) is 2. The SMILES string of the molecule is CCC(NC(=O)COc1ccc(N(C)S(C)(=O)=O)cc1)c1ccc(OC)cc1. The first-order valence-electron chi connectivity index (χ1n) is 8.84. The van der Waals surface area contributed by atoms with E-state index in [4.69, 9.17) is 9.47 Å². The molecular weight excluding hydrogens is 380 g/mol. The predicted molar refractivity (Wildman–Crippen MR) is 109 cm³/mol. The van der Waals surface area contributed by atoms with Crippen molar-refractivity contribution in [2.24, 2.45) is 0 Å². The molecule has 8 heteroatoms. The van der Waals surface area contributed by atoms with Gasteiger partial charge in [0, 0.05) is 7.05 Å². The number of hydrogen-bond acceptors (Lipinski definition) is 5. The predicted octanol–water partition coefficient (Wildman–Crippen LogP) is 2.74. The van der Waals surface area contributed by atoms with Crippen LogP contribution in [0.2, 0.25) is 0 Å². The summed E-state index contributed by atoms with van der Waals surface area (Å²) in [6.45, 7) is 1.86. The van der Waals surface area contributed by atoms with Gasteiger partial charge in [-0.15, -0.1) is 0 Å². The van der Waals surface area contributed by atoms with Gasteiger partial charge in [0.15, 0.2) is 6.61 Å². The smallest absolute Gasteiger partial charge is 0.258 e. The number of nitrogens with one attached hydrogen (secondary N) is 1. The minimum atomic E-state index is -3.32. The lowest BCUT2D eigenvalue weighted by Crippen LogP contribution is -2.32. The van der Waals surface area contributed by atoms with Crippen molar-refractivity contribution >= 4 is 21.6 Å². The molecule has 0 aliphatic rings. The Labute approximate surface area is 166 Å². The normalized spacial score (nSPS) is 12.1. The summed E-state index contributed by atoms with van der Waals surface area (Å²) in [4.78, 5) is 12.2. The van der Waals surface area contributed by atoms with Gasteiger partial charge in [0.2, 0.25) is 10.0 Å². The third-order valence-corrected chi connectivity index (χ3v) is 5.54. The van der Waals surface area contributed by atoms with Gasteiger partial charge in [0.1, 0.15) is 11.5 Å².